The molecule has 1 heterocycles. The van der Waals surface area contributed by atoms with E-state index in [1.165, 1.54) is 23.1 Å². The third-order valence-electron chi connectivity index (χ3n) is 5.56. The van der Waals surface area contributed by atoms with E-state index in [2.05, 4.69) is 10.6 Å². The van der Waals surface area contributed by atoms with Crippen molar-refractivity contribution in [3.63, 3.8) is 0 Å². The van der Waals surface area contributed by atoms with Crippen LogP contribution in [0.15, 0.2) is 72.8 Å². The molecule has 0 saturated heterocycles. The first-order chi connectivity index (χ1) is 17.0. The average Bonchev–Trinajstić information content (AvgIpc) is 3.12. The van der Waals surface area contributed by atoms with Gasteiger partial charge in [0, 0.05) is 17.8 Å². The van der Waals surface area contributed by atoms with E-state index in [9.17, 15) is 19.2 Å². The van der Waals surface area contributed by atoms with Gasteiger partial charge in [-0.3, -0.25) is 24.1 Å². The predicted molar refractivity (Wildman–Crippen MR) is 131 cm³/mol. The number of nitrogens with one attached hydrogen (secondary N) is 2. The number of benzene rings is 3. The van der Waals surface area contributed by atoms with Gasteiger partial charge in [-0.25, -0.2) is 0 Å². The lowest BCUT2D eigenvalue weighted by Gasteiger charge is -2.13. The van der Waals surface area contributed by atoms with E-state index in [0.717, 1.165) is 5.56 Å². The summed E-state index contributed by atoms with van der Waals surface area (Å²) in [6.45, 7) is 2.43. The van der Waals surface area contributed by atoms with Crippen LogP contribution in [0.2, 0.25) is 0 Å². The molecular formula is C27H25N3O5. The van der Waals surface area contributed by atoms with Crippen LogP contribution < -0.4 is 15.4 Å². The fourth-order valence-electron chi connectivity index (χ4n) is 3.79. The molecule has 8 nitrogen and oxygen atoms in total. The molecule has 3 aromatic carbocycles. The van der Waals surface area contributed by atoms with Gasteiger partial charge in [-0.1, -0.05) is 30.3 Å². The van der Waals surface area contributed by atoms with E-state index in [-0.39, 0.29) is 35.7 Å². The van der Waals surface area contributed by atoms with Gasteiger partial charge < -0.3 is 15.4 Å². The number of hydrogen-bond acceptors (Lipinski definition) is 5. The number of anilines is 1. The van der Waals surface area contributed by atoms with Crippen molar-refractivity contribution in [3.05, 3.63) is 95.1 Å². The van der Waals surface area contributed by atoms with Gasteiger partial charge in [0.15, 0.2) is 0 Å². The summed E-state index contributed by atoms with van der Waals surface area (Å²) >= 11 is 0. The summed E-state index contributed by atoms with van der Waals surface area (Å²) in [5.74, 6) is -1.02. The molecule has 0 radical (unpaired) electrons. The maximum Gasteiger partial charge on any atom is 0.261 e. The Balaban J connectivity index is 1.34. The summed E-state index contributed by atoms with van der Waals surface area (Å²) in [4.78, 5) is 51.5. The third kappa shape index (κ3) is 5.55. The maximum absolute atomic E-state index is 12.8. The van der Waals surface area contributed by atoms with Gasteiger partial charge in [-0.05, 0) is 61.4 Å². The molecule has 0 aliphatic carbocycles. The lowest BCUT2D eigenvalue weighted by molar-refractivity contribution is -0.115. The normalized spacial score (nSPS) is 12.3. The maximum atomic E-state index is 12.8. The van der Waals surface area contributed by atoms with Crippen LogP contribution in [-0.2, 0) is 11.2 Å². The Morgan fingerprint density at radius 1 is 0.886 bits per heavy atom. The fraction of sp³-hybridized carbons (Fsp3) is 0.185. The fourth-order valence-corrected chi connectivity index (χ4v) is 3.79. The van der Waals surface area contributed by atoms with E-state index < -0.39 is 17.7 Å². The second kappa shape index (κ2) is 10.6. The molecule has 0 fully saturated rings. The SMILES string of the molecule is CCOc1ccc(NC(=O)CNC(=O)c2ccc3c(c2)C(=O)N(CCc2ccccc2)C3=O)cc1. The number of fused-ring (bicyclic) bond motifs is 1. The molecule has 4 amide bonds. The monoisotopic (exact) mass is 471 g/mol. The van der Waals surface area contributed by atoms with Crippen molar-refractivity contribution in [1.29, 1.82) is 0 Å². The molecule has 0 aromatic heterocycles. The summed E-state index contributed by atoms with van der Waals surface area (Å²) in [7, 11) is 0. The Kier molecular flexibility index (Phi) is 7.21. The van der Waals surface area contributed by atoms with Gasteiger partial charge in [0.2, 0.25) is 5.91 Å². The van der Waals surface area contributed by atoms with Gasteiger partial charge in [0.25, 0.3) is 17.7 Å². The summed E-state index contributed by atoms with van der Waals surface area (Å²) in [5, 5.41) is 5.23. The Morgan fingerprint density at radius 3 is 2.31 bits per heavy atom. The van der Waals surface area contributed by atoms with E-state index in [1.54, 1.807) is 24.3 Å². The first-order valence-electron chi connectivity index (χ1n) is 11.3. The van der Waals surface area contributed by atoms with Crippen molar-refractivity contribution in [2.75, 3.05) is 25.0 Å². The van der Waals surface area contributed by atoms with Crippen molar-refractivity contribution in [1.82, 2.24) is 10.2 Å². The van der Waals surface area contributed by atoms with Crippen LogP contribution in [0.25, 0.3) is 0 Å². The molecule has 2 N–H and O–H groups in total. The Labute approximate surface area is 202 Å². The zero-order valence-electron chi connectivity index (χ0n) is 19.2. The standard InChI is InChI=1S/C27H25N3O5/c1-2-35-21-11-9-20(10-12-21)29-24(31)17-28-25(32)19-8-13-22-23(16-19)27(34)30(26(22)33)15-14-18-6-4-3-5-7-18/h3-13,16H,2,14-15,17H2,1H3,(H,28,32)(H,29,31). The van der Waals surface area contributed by atoms with Crippen molar-refractivity contribution < 1.29 is 23.9 Å². The number of carbonyl (C=O) groups is 4. The molecule has 35 heavy (non-hydrogen) atoms. The van der Waals surface area contributed by atoms with E-state index >= 15 is 0 Å². The van der Waals surface area contributed by atoms with Crippen LogP contribution >= 0.6 is 0 Å². The minimum atomic E-state index is -0.516. The van der Waals surface area contributed by atoms with Crippen LogP contribution in [0.3, 0.4) is 0 Å². The molecule has 0 atom stereocenters. The molecule has 4 rings (SSSR count). The van der Waals surface area contributed by atoms with Gasteiger partial charge in [0.05, 0.1) is 24.3 Å². The molecule has 178 valence electrons. The highest BCUT2D eigenvalue weighted by Gasteiger charge is 2.35. The van der Waals surface area contributed by atoms with E-state index in [1.807, 2.05) is 37.3 Å². The number of imide groups is 1. The molecule has 1 aliphatic rings. The van der Waals surface area contributed by atoms with E-state index in [0.29, 0.717) is 24.5 Å². The average molecular weight is 472 g/mol. The second-order valence-corrected chi connectivity index (χ2v) is 7.95. The smallest absolute Gasteiger partial charge is 0.261 e. The molecule has 0 bridgehead atoms. The van der Waals surface area contributed by atoms with Crippen molar-refractivity contribution in [2.24, 2.45) is 0 Å². The first kappa shape index (κ1) is 23.7. The second-order valence-electron chi connectivity index (χ2n) is 7.95. The summed E-state index contributed by atoms with van der Waals surface area (Å²) in [6.07, 6.45) is 0.545. The highest BCUT2D eigenvalue weighted by atomic mass is 16.5. The number of carbonyl (C=O) groups excluding carboxylic acids is 4. The van der Waals surface area contributed by atoms with Crippen LogP contribution in [0.1, 0.15) is 43.6 Å². The Hall–Kier alpha value is -4.46. The van der Waals surface area contributed by atoms with Gasteiger partial charge in [0.1, 0.15) is 5.75 Å². The minimum Gasteiger partial charge on any atom is -0.494 e. The molecule has 0 saturated carbocycles. The van der Waals surface area contributed by atoms with Crippen LogP contribution in [0, 0.1) is 0 Å². The number of ether oxygens (including phenoxy) is 1. The molecular weight excluding hydrogens is 446 g/mol. The number of rotatable bonds is 9. The quantitative estimate of drug-likeness (QED) is 0.466. The Morgan fingerprint density at radius 2 is 1.60 bits per heavy atom. The van der Waals surface area contributed by atoms with Crippen LogP contribution in [-0.4, -0.2) is 48.2 Å². The van der Waals surface area contributed by atoms with Crippen molar-refractivity contribution in [2.45, 2.75) is 13.3 Å². The topological polar surface area (TPSA) is 105 Å². The predicted octanol–water partition coefficient (Wildman–Crippen LogP) is 3.29. The number of hydrogen-bond donors (Lipinski definition) is 2. The van der Waals surface area contributed by atoms with Crippen molar-refractivity contribution in [3.8, 4) is 5.75 Å². The molecule has 0 unspecified atom stereocenters. The molecule has 1 aliphatic heterocycles. The summed E-state index contributed by atoms with van der Waals surface area (Å²) < 4.78 is 5.36. The lowest BCUT2D eigenvalue weighted by atomic mass is 10.1. The molecule has 8 heteroatoms. The molecule has 3 aromatic rings. The molecule has 0 spiro atoms. The van der Waals surface area contributed by atoms with Gasteiger partial charge in [-0.15, -0.1) is 0 Å². The summed E-state index contributed by atoms with van der Waals surface area (Å²) in [5.41, 5.74) is 2.25. The van der Waals surface area contributed by atoms with Gasteiger partial charge >= 0.3 is 0 Å². The number of nitrogens with zero attached hydrogens (tertiary/aromatic N) is 1. The van der Waals surface area contributed by atoms with Crippen LogP contribution in [0.4, 0.5) is 5.69 Å². The zero-order valence-corrected chi connectivity index (χ0v) is 19.2. The lowest BCUT2D eigenvalue weighted by Crippen LogP contribution is -2.33. The van der Waals surface area contributed by atoms with Crippen molar-refractivity contribution >= 4 is 29.3 Å². The number of amides is 4. The van der Waals surface area contributed by atoms with Crippen LogP contribution in [0.5, 0.6) is 5.75 Å². The Bertz CT molecular complexity index is 1260. The van der Waals surface area contributed by atoms with E-state index in [4.69, 9.17) is 4.74 Å². The highest BCUT2D eigenvalue weighted by Crippen LogP contribution is 2.24. The third-order valence-corrected chi connectivity index (χ3v) is 5.56. The van der Waals surface area contributed by atoms with Gasteiger partial charge in [-0.2, -0.15) is 0 Å². The highest BCUT2D eigenvalue weighted by molar-refractivity contribution is 6.22. The zero-order chi connectivity index (χ0) is 24.8. The summed E-state index contributed by atoms with van der Waals surface area (Å²) in [6, 6.07) is 20.8. The minimum absolute atomic E-state index is 0.189. The first-order valence-corrected chi connectivity index (χ1v) is 11.3. The largest absolute Gasteiger partial charge is 0.494 e.